The number of hydrogen-bond donors (Lipinski definition) is 3. The van der Waals surface area contributed by atoms with Gasteiger partial charge >= 0.3 is 6.09 Å². The quantitative estimate of drug-likeness (QED) is 0.505. The summed E-state index contributed by atoms with van der Waals surface area (Å²) in [5, 5.41) is 27.0. The number of nitrogens with one attached hydrogen (secondary N) is 2. The number of aliphatic hydroxyl groups is 1. The summed E-state index contributed by atoms with van der Waals surface area (Å²) < 4.78 is 5.27. The minimum Gasteiger partial charge on any atom is -0.444 e. The molecule has 1 aliphatic heterocycles. The Labute approximate surface area is 179 Å². The number of nitro groups is 1. The predicted octanol–water partition coefficient (Wildman–Crippen LogP) is 2.88. The molecule has 10 heteroatoms. The Morgan fingerprint density at radius 3 is 2.45 bits per heavy atom. The van der Waals surface area contributed by atoms with Crippen LogP contribution in [0.1, 0.15) is 31.1 Å². The summed E-state index contributed by atoms with van der Waals surface area (Å²) in [5.41, 5.74) is 0.365. The number of benzene rings is 2. The number of hydrogen-bond acceptors (Lipinski definition) is 7. The third-order valence-electron chi connectivity index (χ3n) is 4.53. The van der Waals surface area contributed by atoms with E-state index in [1.54, 1.807) is 45.0 Å². The van der Waals surface area contributed by atoms with Gasteiger partial charge in [-0.1, -0.05) is 12.1 Å². The molecule has 31 heavy (non-hydrogen) atoms. The van der Waals surface area contributed by atoms with Gasteiger partial charge in [0.2, 0.25) is 0 Å². The Morgan fingerprint density at radius 1 is 1.19 bits per heavy atom. The fraction of sp³-hybridized carbons (Fsp3) is 0.333. The summed E-state index contributed by atoms with van der Waals surface area (Å²) in [6.45, 7) is 5.10. The van der Waals surface area contributed by atoms with E-state index in [2.05, 4.69) is 10.6 Å². The summed E-state index contributed by atoms with van der Waals surface area (Å²) in [4.78, 5) is 37.3. The number of nitro benzene ring substituents is 1. The number of aliphatic hydroxyl groups excluding tert-OH is 1. The number of alkyl carbamates (subject to hydrolysis) is 1. The molecule has 0 fully saturated rings. The van der Waals surface area contributed by atoms with E-state index in [-0.39, 0.29) is 17.8 Å². The minimum atomic E-state index is -1.19. The van der Waals surface area contributed by atoms with E-state index in [4.69, 9.17) is 4.74 Å². The van der Waals surface area contributed by atoms with Crippen LogP contribution >= 0.6 is 0 Å². The maximum atomic E-state index is 13.3. The molecule has 2 atom stereocenters. The van der Waals surface area contributed by atoms with Gasteiger partial charge in [-0.05, 0) is 45.0 Å². The molecule has 1 aliphatic rings. The first-order valence-corrected chi connectivity index (χ1v) is 9.64. The first kappa shape index (κ1) is 22.0. The molecule has 2 amide bonds. The van der Waals surface area contributed by atoms with E-state index in [0.29, 0.717) is 11.4 Å². The van der Waals surface area contributed by atoms with E-state index in [0.717, 1.165) is 0 Å². The minimum absolute atomic E-state index is 0.0553. The largest absolute Gasteiger partial charge is 0.444 e. The normalized spacial score (nSPS) is 18.3. The summed E-state index contributed by atoms with van der Waals surface area (Å²) in [6, 6.07) is 11.2. The zero-order valence-electron chi connectivity index (χ0n) is 17.4. The van der Waals surface area contributed by atoms with Crippen molar-refractivity contribution in [3.63, 3.8) is 0 Å². The van der Waals surface area contributed by atoms with Gasteiger partial charge in [-0.2, -0.15) is 0 Å². The average Bonchev–Trinajstić information content (AvgIpc) is 2.82. The molecule has 2 aromatic carbocycles. The molecule has 0 spiro atoms. The van der Waals surface area contributed by atoms with Crippen molar-refractivity contribution in [2.45, 2.75) is 38.6 Å². The van der Waals surface area contributed by atoms with E-state index >= 15 is 0 Å². The number of non-ortho nitro benzene ring substituents is 1. The van der Waals surface area contributed by atoms with E-state index < -0.39 is 34.8 Å². The Hall–Kier alpha value is -3.66. The molecule has 0 aliphatic carbocycles. The standard InChI is InChI=1S/C21H24N4O6/c1-21(2,3)31-20(28)23-16-12-24(17-7-5-4-6-15(17)22-18(16)26)19(27)13-8-10-14(11-9-13)25(29)30/h4-11,16,18,22,26H,12H2,1-3H3,(H,23,28). The summed E-state index contributed by atoms with van der Waals surface area (Å²) in [5.74, 6) is -0.436. The predicted molar refractivity (Wildman–Crippen MR) is 114 cm³/mol. The number of amides is 2. The van der Waals surface area contributed by atoms with E-state index in [1.807, 2.05) is 0 Å². The van der Waals surface area contributed by atoms with Gasteiger partial charge in [-0.15, -0.1) is 0 Å². The monoisotopic (exact) mass is 428 g/mol. The second-order valence-electron chi connectivity index (χ2n) is 8.08. The maximum Gasteiger partial charge on any atom is 0.408 e. The first-order valence-electron chi connectivity index (χ1n) is 9.64. The summed E-state index contributed by atoms with van der Waals surface area (Å²) in [6.07, 6.45) is -1.92. The maximum absolute atomic E-state index is 13.3. The van der Waals surface area contributed by atoms with Crippen molar-refractivity contribution >= 4 is 29.1 Å². The number of fused-ring (bicyclic) bond motifs is 1. The molecule has 164 valence electrons. The van der Waals surface area contributed by atoms with Crippen molar-refractivity contribution < 1.29 is 24.4 Å². The van der Waals surface area contributed by atoms with E-state index in [9.17, 15) is 24.8 Å². The van der Waals surface area contributed by atoms with Gasteiger partial charge in [0.05, 0.1) is 28.9 Å². The molecule has 0 aromatic heterocycles. The van der Waals surface area contributed by atoms with Crippen LogP contribution in [0.2, 0.25) is 0 Å². The second-order valence-corrected chi connectivity index (χ2v) is 8.08. The average molecular weight is 428 g/mol. The first-order chi connectivity index (χ1) is 14.5. The van der Waals surface area contributed by atoms with Gasteiger partial charge in [0.15, 0.2) is 0 Å². The van der Waals surface area contributed by atoms with Gasteiger partial charge in [0.1, 0.15) is 11.8 Å². The molecule has 2 unspecified atom stereocenters. The Bertz CT molecular complexity index is 986. The summed E-state index contributed by atoms with van der Waals surface area (Å²) >= 11 is 0. The third-order valence-corrected chi connectivity index (χ3v) is 4.53. The molecule has 3 rings (SSSR count). The number of ether oxygens (including phenoxy) is 1. The van der Waals surface area contributed by atoms with Crippen molar-refractivity contribution in [1.82, 2.24) is 5.32 Å². The number of carbonyl (C=O) groups excluding carboxylic acids is 2. The van der Waals surface area contributed by atoms with Crippen LogP contribution in [0, 0.1) is 10.1 Å². The molecule has 0 saturated heterocycles. The van der Waals surface area contributed by atoms with Crippen LogP contribution in [0.3, 0.4) is 0 Å². The van der Waals surface area contributed by atoms with Crippen LogP contribution in [-0.2, 0) is 4.74 Å². The second kappa shape index (κ2) is 8.60. The smallest absolute Gasteiger partial charge is 0.408 e. The number of anilines is 2. The summed E-state index contributed by atoms with van der Waals surface area (Å²) in [7, 11) is 0. The highest BCUT2D eigenvalue weighted by molar-refractivity contribution is 6.08. The number of rotatable bonds is 3. The SMILES string of the molecule is CC(C)(C)OC(=O)NC1CN(C(=O)c2ccc([N+](=O)[O-])cc2)c2ccccc2NC1O. The molecule has 10 nitrogen and oxygen atoms in total. The lowest BCUT2D eigenvalue weighted by Gasteiger charge is -2.28. The van der Waals surface area contributed by atoms with Gasteiger partial charge in [0, 0.05) is 17.7 Å². The van der Waals surface area contributed by atoms with Crippen LogP contribution in [0.25, 0.3) is 0 Å². The lowest BCUT2D eigenvalue weighted by Crippen LogP contribution is -2.53. The number of carbonyl (C=O) groups is 2. The van der Waals surface area contributed by atoms with Crippen molar-refractivity contribution in [3.8, 4) is 0 Å². The number of para-hydroxylation sites is 2. The fourth-order valence-corrected chi connectivity index (χ4v) is 3.14. The highest BCUT2D eigenvalue weighted by atomic mass is 16.6. The topological polar surface area (TPSA) is 134 Å². The lowest BCUT2D eigenvalue weighted by atomic mass is 10.1. The molecule has 0 bridgehead atoms. The van der Waals surface area contributed by atoms with Crippen LogP contribution in [-0.4, -0.2) is 46.4 Å². The van der Waals surface area contributed by atoms with Gasteiger partial charge in [0.25, 0.3) is 11.6 Å². The van der Waals surface area contributed by atoms with Crippen LogP contribution in [0.5, 0.6) is 0 Å². The molecular weight excluding hydrogens is 404 g/mol. The van der Waals surface area contributed by atoms with Crippen molar-refractivity contribution in [2.75, 3.05) is 16.8 Å². The zero-order chi connectivity index (χ0) is 22.8. The van der Waals surface area contributed by atoms with Crippen molar-refractivity contribution in [2.24, 2.45) is 0 Å². The third kappa shape index (κ3) is 5.28. The van der Waals surface area contributed by atoms with Crippen molar-refractivity contribution in [3.05, 3.63) is 64.2 Å². The molecule has 2 aromatic rings. The van der Waals surface area contributed by atoms with Crippen LogP contribution in [0.15, 0.2) is 48.5 Å². The van der Waals surface area contributed by atoms with Crippen LogP contribution < -0.4 is 15.5 Å². The highest BCUT2D eigenvalue weighted by Gasteiger charge is 2.33. The molecular formula is C21H24N4O6. The lowest BCUT2D eigenvalue weighted by molar-refractivity contribution is -0.384. The van der Waals surface area contributed by atoms with Crippen LogP contribution in [0.4, 0.5) is 21.9 Å². The highest BCUT2D eigenvalue weighted by Crippen LogP contribution is 2.31. The van der Waals surface area contributed by atoms with Gasteiger partial charge in [-0.3, -0.25) is 14.9 Å². The molecule has 0 radical (unpaired) electrons. The van der Waals surface area contributed by atoms with Gasteiger partial charge in [-0.25, -0.2) is 4.79 Å². The molecule has 3 N–H and O–H groups in total. The van der Waals surface area contributed by atoms with Crippen molar-refractivity contribution in [1.29, 1.82) is 0 Å². The molecule has 1 heterocycles. The fourth-order valence-electron chi connectivity index (χ4n) is 3.14. The Morgan fingerprint density at radius 2 is 1.84 bits per heavy atom. The zero-order valence-corrected chi connectivity index (χ0v) is 17.4. The van der Waals surface area contributed by atoms with E-state index in [1.165, 1.54) is 29.2 Å². The number of nitrogens with zero attached hydrogens (tertiary/aromatic N) is 2. The Balaban J connectivity index is 1.91. The van der Waals surface area contributed by atoms with Gasteiger partial charge < -0.3 is 25.4 Å². The molecule has 0 saturated carbocycles. The Kier molecular flexibility index (Phi) is 6.11.